The van der Waals surface area contributed by atoms with E-state index in [2.05, 4.69) is 34.7 Å². The van der Waals surface area contributed by atoms with Gasteiger partial charge in [0.05, 0.1) is 6.10 Å². The Morgan fingerprint density at radius 2 is 2.00 bits per heavy atom. The molecule has 1 aromatic rings. The number of aliphatic hydroxyl groups is 1. The summed E-state index contributed by atoms with van der Waals surface area (Å²) < 4.78 is 1.21. The van der Waals surface area contributed by atoms with Gasteiger partial charge in [-0.1, -0.05) is 25.0 Å². The maximum absolute atomic E-state index is 10.1. The highest BCUT2D eigenvalue weighted by Crippen LogP contribution is 2.35. The second kappa shape index (κ2) is 4.62. The molecule has 1 unspecified atom stereocenters. The molecule has 0 aromatic heterocycles. The lowest BCUT2D eigenvalue weighted by atomic mass is 9.95. The number of halogens is 1. The lowest BCUT2D eigenvalue weighted by Gasteiger charge is -2.17. The lowest BCUT2D eigenvalue weighted by Crippen LogP contribution is -2.08. The third-order valence-electron chi connectivity index (χ3n) is 3.04. The maximum Gasteiger partial charge on any atom is 0.0818 e. The fourth-order valence-corrected chi connectivity index (χ4v) is 2.80. The summed E-state index contributed by atoms with van der Waals surface area (Å²) in [4.78, 5) is 0. The quantitative estimate of drug-likeness (QED) is 0.829. The molecule has 0 spiro atoms. The minimum absolute atomic E-state index is 0.243. The van der Waals surface area contributed by atoms with Gasteiger partial charge in [0.25, 0.3) is 0 Å². The van der Waals surface area contributed by atoms with Crippen molar-refractivity contribution in [3.8, 4) is 0 Å². The molecule has 1 nitrogen and oxygen atoms in total. The summed E-state index contributed by atoms with van der Waals surface area (Å²) in [5.74, 6) is 0.494. The highest BCUT2D eigenvalue weighted by molar-refractivity contribution is 14.1. The summed E-state index contributed by atoms with van der Waals surface area (Å²) in [6.45, 7) is 0. The first-order valence-corrected chi connectivity index (χ1v) is 6.29. The lowest BCUT2D eigenvalue weighted by molar-refractivity contribution is 0.111. The van der Waals surface area contributed by atoms with Gasteiger partial charge in [-0.3, -0.25) is 0 Å². The van der Waals surface area contributed by atoms with Crippen LogP contribution in [0.2, 0.25) is 0 Å². The average Bonchev–Trinajstić information content (AvgIpc) is 2.69. The molecule has 0 aliphatic heterocycles. The molecule has 76 valence electrons. The van der Waals surface area contributed by atoms with Crippen molar-refractivity contribution in [2.24, 2.45) is 5.92 Å². The number of hydrogen-bond donors (Lipinski definition) is 1. The van der Waals surface area contributed by atoms with E-state index < -0.39 is 0 Å². The molecule has 1 saturated carbocycles. The number of rotatable bonds is 2. The van der Waals surface area contributed by atoms with Crippen molar-refractivity contribution in [2.75, 3.05) is 0 Å². The van der Waals surface area contributed by atoms with Gasteiger partial charge in [0.2, 0.25) is 0 Å². The molecule has 0 radical (unpaired) electrons. The monoisotopic (exact) mass is 302 g/mol. The van der Waals surface area contributed by atoms with Gasteiger partial charge < -0.3 is 5.11 Å². The normalized spacial score (nSPS) is 19.9. The van der Waals surface area contributed by atoms with Gasteiger partial charge in [0.1, 0.15) is 0 Å². The molecule has 1 N–H and O–H groups in total. The third-order valence-corrected chi connectivity index (χ3v) is 3.71. The van der Waals surface area contributed by atoms with Crippen LogP contribution in [-0.2, 0) is 0 Å². The van der Waals surface area contributed by atoms with E-state index >= 15 is 0 Å². The summed E-state index contributed by atoms with van der Waals surface area (Å²) >= 11 is 2.29. The highest BCUT2D eigenvalue weighted by Gasteiger charge is 2.24. The van der Waals surface area contributed by atoms with Gasteiger partial charge in [0.15, 0.2) is 0 Å². The van der Waals surface area contributed by atoms with Gasteiger partial charge in [-0.25, -0.2) is 0 Å². The van der Waals surface area contributed by atoms with Crippen molar-refractivity contribution in [3.63, 3.8) is 0 Å². The zero-order valence-corrected chi connectivity index (χ0v) is 10.3. The molecule has 1 aromatic carbocycles. The molecule has 0 amide bonds. The van der Waals surface area contributed by atoms with Crippen LogP contribution in [0.3, 0.4) is 0 Å². The molecule has 0 heterocycles. The Hall–Kier alpha value is -0.0900. The first-order valence-electron chi connectivity index (χ1n) is 5.21. The van der Waals surface area contributed by atoms with Crippen LogP contribution in [0.1, 0.15) is 37.4 Å². The Morgan fingerprint density at radius 3 is 2.64 bits per heavy atom. The van der Waals surface area contributed by atoms with E-state index in [1.165, 1.54) is 29.3 Å². The molecule has 1 atom stereocenters. The standard InChI is InChI=1S/C12H15IO/c13-11-7-3-6-10(8-11)12(14)9-4-1-2-5-9/h3,6-9,12,14H,1-2,4-5H2. The summed E-state index contributed by atoms with van der Waals surface area (Å²) in [5, 5.41) is 10.1. The van der Waals surface area contributed by atoms with Crippen molar-refractivity contribution in [1.82, 2.24) is 0 Å². The summed E-state index contributed by atoms with van der Waals surface area (Å²) in [5.41, 5.74) is 1.09. The van der Waals surface area contributed by atoms with Gasteiger partial charge in [-0.05, 0) is 59.0 Å². The molecule has 0 bridgehead atoms. The first kappa shape index (κ1) is 10.4. The average molecular weight is 302 g/mol. The van der Waals surface area contributed by atoms with Crippen molar-refractivity contribution < 1.29 is 5.11 Å². The van der Waals surface area contributed by atoms with Crippen molar-refractivity contribution in [1.29, 1.82) is 0 Å². The summed E-state index contributed by atoms with van der Waals surface area (Å²) in [6.07, 6.45) is 4.70. The second-order valence-electron chi connectivity index (χ2n) is 4.04. The number of benzene rings is 1. The van der Waals surface area contributed by atoms with Crippen LogP contribution in [0.25, 0.3) is 0 Å². The predicted molar refractivity (Wildman–Crippen MR) is 66.1 cm³/mol. The molecule has 1 aliphatic rings. The fraction of sp³-hybridized carbons (Fsp3) is 0.500. The number of hydrogen-bond acceptors (Lipinski definition) is 1. The Morgan fingerprint density at radius 1 is 1.29 bits per heavy atom. The van der Waals surface area contributed by atoms with Crippen LogP contribution in [0.15, 0.2) is 24.3 Å². The Bertz CT molecular complexity index is 305. The SMILES string of the molecule is OC(c1cccc(I)c1)C1CCCC1. The van der Waals surface area contributed by atoms with Gasteiger partial charge in [0, 0.05) is 3.57 Å². The molecular formula is C12H15IO. The van der Waals surface area contributed by atoms with Gasteiger partial charge in [-0.15, -0.1) is 0 Å². The zero-order valence-electron chi connectivity index (χ0n) is 8.12. The van der Waals surface area contributed by atoms with E-state index in [9.17, 15) is 5.11 Å². The summed E-state index contributed by atoms with van der Waals surface area (Å²) in [6, 6.07) is 8.20. The van der Waals surface area contributed by atoms with Crippen LogP contribution in [0.4, 0.5) is 0 Å². The van der Waals surface area contributed by atoms with Crippen LogP contribution in [0.5, 0.6) is 0 Å². The van der Waals surface area contributed by atoms with Crippen LogP contribution in [-0.4, -0.2) is 5.11 Å². The van der Waals surface area contributed by atoms with Gasteiger partial charge >= 0.3 is 0 Å². The first-order chi connectivity index (χ1) is 6.77. The topological polar surface area (TPSA) is 20.2 Å². The molecule has 1 aliphatic carbocycles. The van der Waals surface area contributed by atoms with Crippen LogP contribution < -0.4 is 0 Å². The molecule has 0 saturated heterocycles. The van der Waals surface area contributed by atoms with E-state index in [4.69, 9.17) is 0 Å². The van der Waals surface area contributed by atoms with Crippen molar-refractivity contribution >= 4 is 22.6 Å². The summed E-state index contributed by atoms with van der Waals surface area (Å²) in [7, 11) is 0. The minimum Gasteiger partial charge on any atom is -0.388 e. The largest absolute Gasteiger partial charge is 0.388 e. The molecule has 2 heteroatoms. The van der Waals surface area contributed by atoms with Crippen molar-refractivity contribution in [3.05, 3.63) is 33.4 Å². The smallest absolute Gasteiger partial charge is 0.0818 e. The van der Waals surface area contributed by atoms with E-state index in [1.807, 2.05) is 12.1 Å². The minimum atomic E-state index is -0.243. The number of aliphatic hydroxyl groups excluding tert-OH is 1. The second-order valence-corrected chi connectivity index (χ2v) is 5.29. The molecule has 2 rings (SSSR count). The Kier molecular flexibility index (Phi) is 3.44. The Balaban J connectivity index is 2.13. The maximum atomic E-state index is 10.1. The molecule has 1 fully saturated rings. The van der Waals surface area contributed by atoms with Crippen LogP contribution in [0, 0.1) is 9.49 Å². The van der Waals surface area contributed by atoms with E-state index in [-0.39, 0.29) is 6.10 Å². The van der Waals surface area contributed by atoms with Crippen molar-refractivity contribution in [2.45, 2.75) is 31.8 Å². The van der Waals surface area contributed by atoms with Crippen LogP contribution >= 0.6 is 22.6 Å². The zero-order chi connectivity index (χ0) is 9.97. The Labute approximate surface area is 98.7 Å². The third kappa shape index (κ3) is 2.28. The molecular weight excluding hydrogens is 287 g/mol. The van der Waals surface area contributed by atoms with E-state index in [0.29, 0.717) is 5.92 Å². The highest BCUT2D eigenvalue weighted by atomic mass is 127. The predicted octanol–water partition coefficient (Wildman–Crippen LogP) is 3.51. The fourth-order valence-electron chi connectivity index (χ4n) is 2.24. The van der Waals surface area contributed by atoms with E-state index in [1.54, 1.807) is 0 Å². The van der Waals surface area contributed by atoms with E-state index in [0.717, 1.165) is 5.56 Å². The molecule has 14 heavy (non-hydrogen) atoms. The van der Waals surface area contributed by atoms with Gasteiger partial charge in [-0.2, -0.15) is 0 Å².